The minimum absolute atomic E-state index is 0.942. The fraction of sp³-hybridized carbons (Fsp3) is 0.379. The van der Waals surface area contributed by atoms with E-state index in [9.17, 15) is 0 Å². The monoisotopic (exact) mass is 663 g/mol. The number of aryl methyl sites for hydroxylation is 4. The first kappa shape index (κ1) is 28.6. The third-order valence-electron chi connectivity index (χ3n) is 5.91. The van der Waals surface area contributed by atoms with Crippen LogP contribution in [0.15, 0.2) is 60.7 Å². The largest absolute Gasteiger partial charge is 0.165 e. The van der Waals surface area contributed by atoms with Crippen molar-refractivity contribution in [3.8, 4) is 0 Å². The maximum Gasteiger partial charge on any atom is -0.0487 e. The van der Waals surface area contributed by atoms with Crippen LogP contribution in [0.1, 0.15) is 62.3 Å². The van der Waals surface area contributed by atoms with E-state index in [-0.39, 0.29) is 0 Å². The summed E-state index contributed by atoms with van der Waals surface area (Å²) in [6.07, 6.45) is 7.19. The predicted octanol–water partition coefficient (Wildman–Crippen LogP) is 10.00. The molecule has 0 spiro atoms. The van der Waals surface area contributed by atoms with Gasteiger partial charge >= 0.3 is 73.3 Å². The molecule has 4 aromatic carbocycles. The second-order valence-corrected chi connectivity index (χ2v) is 32.1. The van der Waals surface area contributed by atoms with Crippen molar-refractivity contribution in [3.05, 3.63) is 82.9 Å². The van der Waals surface area contributed by atoms with Crippen LogP contribution in [0.3, 0.4) is 0 Å². The van der Waals surface area contributed by atoms with Crippen LogP contribution in [0, 0.1) is 13.8 Å². The Hall–Kier alpha value is -0.673. The van der Waals surface area contributed by atoms with Gasteiger partial charge in [0.1, 0.15) is 0 Å². The topological polar surface area (TPSA) is 0 Å². The first-order valence-corrected chi connectivity index (χ1v) is 27.6. The van der Waals surface area contributed by atoms with Crippen LogP contribution in [0.2, 0.25) is 6.04 Å². The first-order chi connectivity index (χ1) is 15.9. The smallest absolute Gasteiger partial charge is 0.0487 e. The first-order valence-electron chi connectivity index (χ1n) is 12.1. The molecule has 0 aliphatic rings. The summed E-state index contributed by atoms with van der Waals surface area (Å²) in [5.41, 5.74) is 5.65. The molecule has 0 aromatic heterocycles. The molecule has 4 heteroatoms. The summed E-state index contributed by atoms with van der Waals surface area (Å²) in [6.45, 7) is 10.9. The van der Waals surface area contributed by atoms with Gasteiger partial charge in [-0.3, -0.25) is 0 Å². The summed E-state index contributed by atoms with van der Waals surface area (Å²) in [4.78, 5) is 0. The van der Waals surface area contributed by atoms with E-state index in [0.29, 0.717) is 0 Å². The molecule has 0 bridgehead atoms. The number of unbranched alkanes of at least 4 members (excludes halogenated alkanes) is 2. The van der Waals surface area contributed by atoms with Crippen molar-refractivity contribution in [2.24, 2.45) is 0 Å². The van der Waals surface area contributed by atoms with Gasteiger partial charge in [-0.1, -0.05) is 37.1 Å². The van der Waals surface area contributed by atoms with E-state index >= 15 is 0 Å². The van der Waals surface area contributed by atoms with Crippen LogP contribution in [0.25, 0.3) is 21.5 Å². The SMILES string of the molecule is CCCCC[Si]=[Hf]([Cl])[Cl].CCc1cc2c(C)cccc2[cH-]1.CCc1cc2c(C)cccc2[cH-]1. The molecule has 0 nitrogen and oxygen atoms in total. The Morgan fingerprint density at radius 2 is 1.24 bits per heavy atom. The Labute approximate surface area is 216 Å². The number of benzene rings is 2. The van der Waals surface area contributed by atoms with Gasteiger partial charge in [-0.2, -0.15) is 12.1 Å². The summed E-state index contributed by atoms with van der Waals surface area (Å²) in [7, 11) is 11.5. The van der Waals surface area contributed by atoms with E-state index in [1.165, 1.54) is 69.1 Å². The van der Waals surface area contributed by atoms with Crippen LogP contribution in [-0.4, -0.2) is 6.22 Å². The molecule has 0 atom stereocenters. The van der Waals surface area contributed by atoms with Crippen molar-refractivity contribution in [2.75, 3.05) is 0 Å². The molecule has 33 heavy (non-hydrogen) atoms. The van der Waals surface area contributed by atoms with E-state index < -0.39 is 17.7 Å². The maximum atomic E-state index is 5.75. The normalized spacial score (nSPS) is 10.4. The van der Waals surface area contributed by atoms with Gasteiger partial charge in [0, 0.05) is 0 Å². The zero-order chi connectivity index (χ0) is 24.2. The van der Waals surface area contributed by atoms with Crippen molar-refractivity contribution in [1.29, 1.82) is 0 Å². The van der Waals surface area contributed by atoms with Crippen molar-refractivity contribution in [2.45, 2.75) is 72.8 Å². The van der Waals surface area contributed by atoms with Gasteiger partial charge in [0.2, 0.25) is 0 Å². The average Bonchev–Trinajstić information content (AvgIpc) is 3.43. The minimum Gasteiger partial charge on any atom is -0.165 e. The van der Waals surface area contributed by atoms with Crippen LogP contribution < -0.4 is 0 Å². The molecule has 0 amide bonds. The van der Waals surface area contributed by atoms with Crippen LogP contribution >= 0.6 is 17.2 Å². The quantitative estimate of drug-likeness (QED) is 0.110. The molecule has 0 heterocycles. The van der Waals surface area contributed by atoms with Crippen LogP contribution in [0.5, 0.6) is 0 Å². The zero-order valence-electron chi connectivity index (χ0n) is 20.8. The fourth-order valence-electron chi connectivity index (χ4n) is 3.87. The van der Waals surface area contributed by atoms with Crippen LogP contribution in [0.4, 0.5) is 0 Å². The van der Waals surface area contributed by atoms with Gasteiger partial charge in [-0.15, -0.1) is 69.1 Å². The van der Waals surface area contributed by atoms with E-state index in [1.807, 2.05) is 0 Å². The van der Waals surface area contributed by atoms with Crippen molar-refractivity contribution in [1.82, 2.24) is 0 Å². The fourth-order valence-corrected chi connectivity index (χ4v) is 13.1. The summed E-state index contributed by atoms with van der Waals surface area (Å²) < 4.78 is 0. The second-order valence-electron chi connectivity index (χ2n) is 8.48. The molecule has 0 N–H and O–H groups in total. The van der Waals surface area contributed by atoms with Gasteiger partial charge < -0.3 is 0 Å². The Morgan fingerprint density at radius 3 is 1.61 bits per heavy atom. The molecule has 0 fully saturated rings. The number of halogens is 2. The molecular weight excluding hydrogens is 626 g/mol. The predicted molar refractivity (Wildman–Crippen MR) is 149 cm³/mol. The number of hydrogen-bond acceptors (Lipinski definition) is 0. The van der Waals surface area contributed by atoms with Crippen molar-refractivity contribution >= 4 is 44.9 Å². The molecule has 1 radical (unpaired) electrons. The Balaban J connectivity index is 0.000000178. The van der Waals surface area contributed by atoms with E-state index in [4.69, 9.17) is 17.2 Å². The summed E-state index contributed by atoms with van der Waals surface area (Å²) >= 11 is -1.84. The van der Waals surface area contributed by atoms with Gasteiger partial charge in [-0.05, 0) is 26.7 Å². The zero-order valence-corrected chi connectivity index (χ0v) is 26.9. The van der Waals surface area contributed by atoms with Crippen LogP contribution in [-0.2, 0) is 30.5 Å². The molecule has 4 rings (SSSR count). The maximum absolute atomic E-state index is 5.75. The average molecular weight is 663 g/mol. The van der Waals surface area contributed by atoms with Crippen molar-refractivity contribution < 1.29 is 17.7 Å². The van der Waals surface area contributed by atoms with Gasteiger partial charge in [-0.25, -0.2) is 0 Å². The van der Waals surface area contributed by atoms with E-state index in [1.54, 1.807) is 0 Å². The number of fused-ring (bicyclic) bond motifs is 2. The van der Waals surface area contributed by atoms with Crippen molar-refractivity contribution in [3.63, 3.8) is 0 Å². The number of rotatable bonds is 6. The van der Waals surface area contributed by atoms with Gasteiger partial charge in [0.25, 0.3) is 0 Å². The third-order valence-corrected chi connectivity index (χ3v) is 18.9. The Bertz CT molecular complexity index is 1070. The molecular formula is C29H37Cl2HfSi-2. The third kappa shape index (κ3) is 9.47. The Morgan fingerprint density at radius 1 is 0.758 bits per heavy atom. The molecule has 0 aliphatic carbocycles. The minimum atomic E-state index is -1.84. The van der Waals surface area contributed by atoms with E-state index in [0.717, 1.165) is 19.1 Å². The molecule has 0 unspecified atom stereocenters. The summed E-state index contributed by atoms with van der Waals surface area (Å²) in [5, 5.41) is 5.59. The Kier molecular flexibility index (Phi) is 13.3. The molecule has 0 saturated heterocycles. The summed E-state index contributed by atoms with van der Waals surface area (Å²) in [6, 6.07) is 23.4. The molecule has 0 saturated carbocycles. The summed E-state index contributed by atoms with van der Waals surface area (Å²) in [5.74, 6) is 0. The van der Waals surface area contributed by atoms with Gasteiger partial charge in [0.05, 0.1) is 0 Å². The number of hydrogen-bond donors (Lipinski definition) is 0. The molecule has 4 aromatic rings. The van der Waals surface area contributed by atoms with Gasteiger partial charge in [0.15, 0.2) is 0 Å². The van der Waals surface area contributed by atoms with E-state index in [2.05, 4.69) is 95.3 Å². The molecule has 177 valence electrons. The second kappa shape index (κ2) is 15.3. The molecule has 0 aliphatic heterocycles. The standard InChI is InChI=1S/2C12H13.C5H11Si.2ClH.Hf/c2*1-3-10-7-11-6-4-5-9(2)12(11)8-10;1-2-3-4-5-6;;;/h2*4-8H,3H2,1-2H3;2-5H2,1H3;2*1H;/q2*-1;;;;+2/p-2.